The molecule has 88 valence electrons. The van der Waals surface area contributed by atoms with Gasteiger partial charge in [-0.1, -0.05) is 13.8 Å². The van der Waals surface area contributed by atoms with Gasteiger partial charge in [-0.2, -0.15) is 0 Å². The Morgan fingerprint density at radius 1 is 1.38 bits per heavy atom. The van der Waals surface area contributed by atoms with Crippen molar-refractivity contribution in [3.8, 4) is 0 Å². The molecule has 0 saturated heterocycles. The molecule has 5 heteroatoms. The molecule has 2 amide bonds. The maximum atomic E-state index is 11.3. The predicted octanol–water partition coefficient (Wildman–Crippen LogP) is 2.21. The summed E-state index contributed by atoms with van der Waals surface area (Å²) in [6.07, 6.45) is 0. The van der Waals surface area contributed by atoms with E-state index < -0.39 is 0 Å². The fraction of sp³-hybridized carbons (Fsp3) is 0.364. The summed E-state index contributed by atoms with van der Waals surface area (Å²) >= 11 is 1.79. The number of nitrogens with zero attached hydrogens (tertiary/aromatic N) is 1. The smallest absolute Gasteiger partial charge is 0.296 e. The monoisotopic (exact) mass is 239 g/mol. The number of anilines is 1. The predicted molar refractivity (Wildman–Crippen MR) is 68.6 cm³/mol. The number of hydrazine groups is 1. The van der Waals surface area contributed by atoms with Crippen LogP contribution in [-0.2, 0) is 0 Å². The van der Waals surface area contributed by atoms with Crippen LogP contribution in [0.25, 0.3) is 0 Å². The van der Waals surface area contributed by atoms with Crippen LogP contribution in [0.15, 0.2) is 29.2 Å². The zero-order valence-corrected chi connectivity index (χ0v) is 10.5. The number of hydrogen-bond acceptors (Lipinski definition) is 3. The second-order valence-electron chi connectivity index (χ2n) is 3.67. The van der Waals surface area contributed by atoms with Gasteiger partial charge in [-0.15, -0.1) is 11.8 Å². The molecule has 0 atom stereocenters. The van der Waals surface area contributed by atoms with Gasteiger partial charge in [0.1, 0.15) is 0 Å². The molecule has 0 aromatic heterocycles. The van der Waals surface area contributed by atoms with Crippen molar-refractivity contribution in [3.63, 3.8) is 0 Å². The Labute approximate surface area is 100 Å². The van der Waals surface area contributed by atoms with Crippen molar-refractivity contribution >= 4 is 23.5 Å². The molecular formula is C11H17N3OS. The zero-order valence-electron chi connectivity index (χ0n) is 9.73. The number of urea groups is 1. The molecule has 0 radical (unpaired) electrons. The van der Waals surface area contributed by atoms with Crippen LogP contribution < -0.4 is 16.2 Å². The van der Waals surface area contributed by atoms with E-state index in [4.69, 9.17) is 5.84 Å². The topological polar surface area (TPSA) is 58.4 Å². The normalized spacial score (nSPS) is 10.3. The molecule has 0 fully saturated rings. The van der Waals surface area contributed by atoms with Gasteiger partial charge in [-0.25, -0.2) is 10.6 Å². The molecule has 16 heavy (non-hydrogen) atoms. The molecule has 0 heterocycles. The Hall–Kier alpha value is -1.20. The van der Waals surface area contributed by atoms with E-state index >= 15 is 0 Å². The number of nitrogens with one attached hydrogen (secondary N) is 1. The molecule has 0 aliphatic carbocycles. The number of rotatable bonds is 3. The van der Waals surface area contributed by atoms with Crippen LogP contribution in [0.2, 0.25) is 0 Å². The van der Waals surface area contributed by atoms with Crippen LogP contribution in [0, 0.1) is 0 Å². The van der Waals surface area contributed by atoms with Gasteiger partial charge < -0.3 is 0 Å². The number of nitrogens with two attached hydrogens (primary N) is 1. The number of amides is 2. The Kier molecular flexibility index (Phi) is 4.64. The minimum Gasteiger partial charge on any atom is -0.296 e. The lowest BCUT2D eigenvalue weighted by Gasteiger charge is -2.16. The summed E-state index contributed by atoms with van der Waals surface area (Å²) < 4.78 is 0. The van der Waals surface area contributed by atoms with Crippen LogP contribution >= 0.6 is 11.8 Å². The third-order valence-electron chi connectivity index (χ3n) is 2.02. The third-order valence-corrected chi connectivity index (χ3v) is 3.04. The van der Waals surface area contributed by atoms with Crippen molar-refractivity contribution in [1.29, 1.82) is 0 Å². The van der Waals surface area contributed by atoms with Crippen LogP contribution in [0.5, 0.6) is 0 Å². The van der Waals surface area contributed by atoms with E-state index in [0.717, 1.165) is 5.69 Å². The number of thioether (sulfide) groups is 1. The molecule has 0 unspecified atom stereocenters. The highest BCUT2D eigenvalue weighted by atomic mass is 32.2. The fourth-order valence-electron chi connectivity index (χ4n) is 1.23. The van der Waals surface area contributed by atoms with Crippen LogP contribution in [0.1, 0.15) is 13.8 Å². The van der Waals surface area contributed by atoms with Crippen molar-refractivity contribution in [2.75, 3.05) is 11.9 Å². The van der Waals surface area contributed by atoms with Crippen LogP contribution in [0.3, 0.4) is 0 Å². The summed E-state index contributed by atoms with van der Waals surface area (Å²) in [6, 6.07) is 7.48. The maximum absolute atomic E-state index is 11.3. The van der Waals surface area contributed by atoms with Gasteiger partial charge in [0.25, 0.3) is 0 Å². The molecule has 0 aliphatic rings. The summed E-state index contributed by atoms with van der Waals surface area (Å²) in [7, 11) is 1.67. The summed E-state index contributed by atoms with van der Waals surface area (Å²) in [5.41, 5.74) is 2.91. The van der Waals surface area contributed by atoms with E-state index in [0.29, 0.717) is 5.25 Å². The molecule has 0 spiro atoms. The average Bonchev–Trinajstić information content (AvgIpc) is 2.27. The van der Waals surface area contributed by atoms with E-state index in [-0.39, 0.29) is 6.03 Å². The van der Waals surface area contributed by atoms with Gasteiger partial charge >= 0.3 is 6.03 Å². The average molecular weight is 239 g/mol. The lowest BCUT2D eigenvalue weighted by atomic mass is 10.3. The van der Waals surface area contributed by atoms with Gasteiger partial charge in [0.15, 0.2) is 0 Å². The molecule has 1 aromatic rings. The first-order valence-corrected chi connectivity index (χ1v) is 5.93. The Bertz CT molecular complexity index is 351. The molecule has 1 rings (SSSR count). The SMILES string of the molecule is CC(C)Sc1ccc(N(C)C(=O)NN)cc1. The minimum atomic E-state index is -0.329. The second kappa shape index (κ2) is 5.77. The highest BCUT2D eigenvalue weighted by molar-refractivity contribution is 7.99. The van der Waals surface area contributed by atoms with Crippen molar-refractivity contribution in [1.82, 2.24) is 5.43 Å². The quantitative estimate of drug-likeness (QED) is 0.368. The summed E-state index contributed by atoms with van der Waals surface area (Å²) in [5, 5.41) is 0.552. The number of carbonyl (C=O) groups excluding carboxylic acids is 1. The van der Waals surface area contributed by atoms with Crippen molar-refractivity contribution < 1.29 is 4.79 Å². The van der Waals surface area contributed by atoms with Crippen LogP contribution in [-0.4, -0.2) is 18.3 Å². The summed E-state index contributed by atoms with van der Waals surface area (Å²) in [4.78, 5) is 13.9. The van der Waals surface area contributed by atoms with Gasteiger partial charge in [0, 0.05) is 22.9 Å². The number of benzene rings is 1. The highest BCUT2D eigenvalue weighted by Crippen LogP contribution is 2.25. The van der Waals surface area contributed by atoms with E-state index in [2.05, 4.69) is 19.3 Å². The molecule has 0 aliphatic heterocycles. The van der Waals surface area contributed by atoms with Crippen molar-refractivity contribution in [3.05, 3.63) is 24.3 Å². The standard InChI is InChI=1S/C11H17N3OS/c1-8(2)16-10-6-4-9(5-7-10)14(3)11(15)13-12/h4-8H,12H2,1-3H3,(H,13,15). The lowest BCUT2D eigenvalue weighted by molar-refractivity contribution is 0.247. The summed E-state index contributed by atoms with van der Waals surface area (Å²) in [6.45, 7) is 4.29. The molecule has 0 saturated carbocycles. The first kappa shape index (κ1) is 12.9. The van der Waals surface area contributed by atoms with E-state index in [1.54, 1.807) is 18.8 Å². The Morgan fingerprint density at radius 2 is 1.94 bits per heavy atom. The maximum Gasteiger partial charge on any atom is 0.335 e. The minimum absolute atomic E-state index is 0.329. The summed E-state index contributed by atoms with van der Waals surface area (Å²) in [5.74, 6) is 5.06. The van der Waals surface area contributed by atoms with Gasteiger partial charge in [0.2, 0.25) is 0 Å². The van der Waals surface area contributed by atoms with Crippen molar-refractivity contribution in [2.24, 2.45) is 5.84 Å². The number of carbonyl (C=O) groups is 1. The number of hydrogen-bond donors (Lipinski definition) is 2. The molecule has 1 aromatic carbocycles. The molecule has 4 nitrogen and oxygen atoms in total. The van der Waals surface area contributed by atoms with Gasteiger partial charge in [-0.3, -0.25) is 10.3 Å². The van der Waals surface area contributed by atoms with Crippen molar-refractivity contribution in [2.45, 2.75) is 24.0 Å². The lowest BCUT2D eigenvalue weighted by Crippen LogP contribution is -2.41. The third kappa shape index (κ3) is 3.43. The van der Waals surface area contributed by atoms with Crippen LogP contribution in [0.4, 0.5) is 10.5 Å². The molecular weight excluding hydrogens is 222 g/mol. The van der Waals surface area contributed by atoms with Gasteiger partial charge in [0.05, 0.1) is 0 Å². The largest absolute Gasteiger partial charge is 0.335 e. The highest BCUT2D eigenvalue weighted by Gasteiger charge is 2.08. The fourth-order valence-corrected chi connectivity index (χ4v) is 2.07. The van der Waals surface area contributed by atoms with Gasteiger partial charge in [-0.05, 0) is 24.3 Å². The van der Waals surface area contributed by atoms with E-state index in [1.165, 1.54) is 9.80 Å². The first-order chi connectivity index (χ1) is 7.54. The second-order valence-corrected chi connectivity index (χ2v) is 5.32. The first-order valence-electron chi connectivity index (χ1n) is 5.05. The molecule has 3 N–H and O–H groups in total. The van der Waals surface area contributed by atoms with E-state index in [9.17, 15) is 4.79 Å². The molecule has 0 bridgehead atoms. The Morgan fingerprint density at radius 3 is 2.38 bits per heavy atom. The Balaban J connectivity index is 2.74. The zero-order chi connectivity index (χ0) is 12.1. The van der Waals surface area contributed by atoms with E-state index in [1.807, 2.05) is 24.3 Å².